The lowest BCUT2D eigenvalue weighted by Crippen LogP contribution is -2.30. The fourth-order valence-electron chi connectivity index (χ4n) is 8.17. The van der Waals surface area contributed by atoms with Crippen LogP contribution in [0.3, 0.4) is 0 Å². The minimum atomic E-state index is -0.762. The quantitative estimate of drug-likeness (QED) is 0.0345. The van der Waals surface area contributed by atoms with Crippen LogP contribution in [-0.4, -0.2) is 37.2 Å². The highest BCUT2D eigenvalue weighted by atomic mass is 16.6. The first-order valence-corrected chi connectivity index (χ1v) is 26.7. The molecular weight excluding hydrogens is 745 g/mol. The SMILES string of the molecule is CCCCCCCCCCCCCCCCCC(=O)OC[C@@H](COC(=O)CCCCCCCCCC(C)C)OC(=O)CCCCCCCCCCCCCCCCC(C)C. The lowest BCUT2D eigenvalue weighted by atomic mass is 10.0. The van der Waals surface area contributed by atoms with Crippen molar-refractivity contribution in [3.63, 3.8) is 0 Å². The predicted molar refractivity (Wildman–Crippen MR) is 256 cm³/mol. The third kappa shape index (κ3) is 47.5. The van der Waals surface area contributed by atoms with Crippen molar-refractivity contribution in [3.8, 4) is 0 Å². The summed E-state index contributed by atoms with van der Waals surface area (Å²) in [6.07, 6.45) is 48.1. The Morgan fingerprint density at radius 2 is 0.550 bits per heavy atom. The molecule has 60 heavy (non-hydrogen) atoms. The van der Waals surface area contributed by atoms with E-state index in [1.54, 1.807) is 0 Å². The van der Waals surface area contributed by atoms with Gasteiger partial charge in [0.1, 0.15) is 13.2 Å². The second kappa shape index (κ2) is 46.9. The van der Waals surface area contributed by atoms with Gasteiger partial charge < -0.3 is 14.2 Å². The maximum atomic E-state index is 12.8. The van der Waals surface area contributed by atoms with E-state index in [-0.39, 0.29) is 31.1 Å². The molecule has 6 nitrogen and oxygen atoms in total. The van der Waals surface area contributed by atoms with Crippen LogP contribution in [-0.2, 0) is 28.6 Å². The molecule has 0 aromatic rings. The van der Waals surface area contributed by atoms with E-state index in [9.17, 15) is 14.4 Å². The van der Waals surface area contributed by atoms with Gasteiger partial charge in [0, 0.05) is 19.3 Å². The number of unbranched alkanes of at least 4 members (excludes halogenated alkanes) is 33. The molecule has 0 aromatic heterocycles. The largest absolute Gasteiger partial charge is 0.462 e. The Kier molecular flexibility index (Phi) is 45.7. The maximum absolute atomic E-state index is 12.8. The van der Waals surface area contributed by atoms with Crippen molar-refractivity contribution in [2.45, 2.75) is 304 Å². The van der Waals surface area contributed by atoms with E-state index < -0.39 is 6.10 Å². The van der Waals surface area contributed by atoms with Gasteiger partial charge in [0.2, 0.25) is 0 Å². The van der Waals surface area contributed by atoms with Crippen LogP contribution in [0.15, 0.2) is 0 Å². The zero-order chi connectivity index (χ0) is 44.0. The summed E-state index contributed by atoms with van der Waals surface area (Å²) in [5.74, 6) is 0.777. The van der Waals surface area contributed by atoms with Gasteiger partial charge >= 0.3 is 17.9 Å². The molecule has 0 aliphatic carbocycles. The van der Waals surface area contributed by atoms with Crippen LogP contribution in [0, 0.1) is 11.8 Å². The van der Waals surface area contributed by atoms with Crippen LogP contribution in [0.1, 0.15) is 298 Å². The Hall–Kier alpha value is -1.59. The molecule has 0 spiro atoms. The minimum Gasteiger partial charge on any atom is -0.462 e. The van der Waals surface area contributed by atoms with Crippen LogP contribution in [0.5, 0.6) is 0 Å². The van der Waals surface area contributed by atoms with E-state index in [0.29, 0.717) is 19.3 Å². The topological polar surface area (TPSA) is 78.9 Å². The molecule has 0 saturated carbocycles. The summed E-state index contributed by atoms with van der Waals surface area (Å²) in [5.41, 5.74) is 0. The van der Waals surface area contributed by atoms with Crippen molar-refractivity contribution in [1.82, 2.24) is 0 Å². The summed E-state index contributed by atoms with van der Waals surface area (Å²) in [6, 6.07) is 0. The second-order valence-corrected chi connectivity index (χ2v) is 19.5. The fraction of sp³-hybridized carbons (Fsp3) is 0.944. The van der Waals surface area contributed by atoms with Gasteiger partial charge in [-0.15, -0.1) is 0 Å². The van der Waals surface area contributed by atoms with Crippen molar-refractivity contribution in [3.05, 3.63) is 0 Å². The third-order valence-corrected chi connectivity index (χ3v) is 12.2. The van der Waals surface area contributed by atoms with E-state index in [0.717, 1.165) is 69.6 Å². The second-order valence-electron chi connectivity index (χ2n) is 19.5. The maximum Gasteiger partial charge on any atom is 0.306 e. The van der Waals surface area contributed by atoms with Crippen LogP contribution >= 0.6 is 0 Å². The summed E-state index contributed by atoms with van der Waals surface area (Å²) in [5, 5.41) is 0. The molecule has 0 aromatic carbocycles. The average molecular weight is 849 g/mol. The molecule has 0 fully saturated rings. The van der Waals surface area contributed by atoms with E-state index in [1.807, 2.05) is 0 Å². The van der Waals surface area contributed by atoms with Crippen molar-refractivity contribution in [2.75, 3.05) is 13.2 Å². The van der Waals surface area contributed by atoms with Gasteiger partial charge in [0.15, 0.2) is 6.10 Å². The summed E-state index contributed by atoms with van der Waals surface area (Å²) in [6.45, 7) is 11.3. The molecule has 0 unspecified atom stereocenters. The highest BCUT2D eigenvalue weighted by Gasteiger charge is 2.19. The third-order valence-electron chi connectivity index (χ3n) is 12.2. The Bertz CT molecular complexity index is 916. The molecule has 0 radical (unpaired) electrons. The monoisotopic (exact) mass is 849 g/mol. The molecule has 0 aliphatic heterocycles. The first kappa shape index (κ1) is 58.4. The molecule has 356 valence electrons. The van der Waals surface area contributed by atoms with Crippen molar-refractivity contribution >= 4 is 17.9 Å². The normalized spacial score (nSPS) is 12.1. The Balaban J connectivity index is 4.28. The summed E-state index contributed by atoms with van der Waals surface area (Å²) in [4.78, 5) is 37.9. The van der Waals surface area contributed by atoms with Gasteiger partial charge in [-0.25, -0.2) is 0 Å². The molecule has 0 rings (SSSR count). The lowest BCUT2D eigenvalue weighted by molar-refractivity contribution is -0.167. The van der Waals surface area contributed by atoms with Crippen molar-refractivity contribution in [1.29, 1.82) is 0 Å². The average Bonchev–Trinajstić information content (AvgIpc) is 3.22. The summed E-state index contributed by atoms with van der Waals surface area (Å²) >= 11 is 0. The molecule has 6 heteroatoms. The number of hydrogen-bond donors (Lipinski definition) is 0. The smallest absolute Gasteiger partial charge is 0.306 e. The zero-order valence-corrected chi connectivity index (χ0v) is 41.1. The van der Waals surface area contributed by atoms with Gasteiger partial charge in [0.05, 0.1) is 0 Å². The first-order valence-electron chi connectivity index (χ1n) is 26.7. The number of carbonyl (C=O) groups excluding carboxylic acids is 3. The Morgan fingerprint density at radius 3 is 0.817 bits per heavy atom. The molecule has 0 saturated heterocycles. The molecule has 0 N–H and O–H groups in total. The standard InChI is InChI=1S/C54H104O6/c1-6-7-8-9-10-11-12-13-14-18-21-24-29-34-39-44-52(55)58-47-51(48-59-53(56)45-40-35-31-26-28-33-38-43-50(4)5)60-54(57)46-41-36-30-25-22-19-16-15-17-20-23-27-32-37-42-49(2)3/h49-51H,6-48H2,1-5H3/t51-/m0/s1. The van der Waals surface area contributed by atoms with Gasteiger partial charge in [-0.05, 0) is 31.1 Å². The molecule has 1 atom stereocenters. The van der Waals surface area contributed by atoms with Gasteiger partial charge in [0.25, 0.3) is 0 Å². The van der Waals surface area contributed by atoms with E-state index in [4.69, 9.17) is 14.2 Å². The number of rotatable bonds is 48. The van der Waals surface area contributed by atoms with Gasteiger partial charge in [-0.3, -0.25) is 14.4 Å². The Labute approximate surface area is 374 Å². The summed E-state index contributed by atoms with van der Waals surface area (Å²) in [7, 11) is 0. The molecule has 0 heterocycles. The van der Waals surface area contributed by atoms with E-state index in [2.05, 4.69) is 34.6 Å². The molecular formula is C54H104O6. The highest BCUT2D eigenvalue weighted by Crippen LogP contribution is 2.17. The number of hydrogen-bond acceptors (Lipinski definition) is 6. The number of carbonyl (C=O) groups is 3. The predicted octanol–water partition coefficient (Wildman–Crippen LogP) is 17.3. The lowest BCUT2D eigenvalue weighted by Gasteiger charge is -2.18. The van der Waals surface area contributed by atoms with Crippen LogP contribution in [0.2, 0.25) is 0 Å². The van der Waals surface area contributed by atoms with Crippen LogP contribution < -0.4 is 0 Å². The molecule has 0 bridgehead atoms. The van der Waals surface area contributed by atoms with Crippen molar-refractivity contribution in [2.24, 2.45) is 11.8 Å². The first-order chi connectivity index (χ1) is 29.2. The van der Waals surface area contributed by atoms with E-state index >= 15 is 0 Å². The van der Waals surface area contributed by atoms with Gasteiger partial charge in [-0.2, -0.15) is 0 Å². The summed E-state index contributed by atoms with van der Waals surface area (Å²) < 4.78 is 16.8. The minimum absolute atomic E-state index is 0.0638. The molecule has 0 amide bonds. The van der Waals surface area contributed by atoms with Crippen molar-refractivity contribution < 1.29 is 28.6 Å². The van der Waals surface area contributed by atoms with Crippen LogP contribution in [0.25, 0.3) is 0 Å². The number of ether oxygens (including phenoxy) is 3. The van der Waals surface area contributed by atoms with E-state index in [1.165, 1.54) is 186 Å². The number of esters is 3. The molecule has 0 aliphatic rings. The fourth-order valence-corrected chi connectivity index (χ4v) is 8.17. The van der Waals surface area contributed by atoms with Gasteiger partial charge in [-0.1, -0.05) is 259 Å². The zero-order valence-electron chi connectivity index (χ0n) is 41.1. The highest BCUT2D eigenvalue weighted by molar-refractivity contribution is 5.71. The Morgan fingerprint density at radius 1 is 0.317 bits per heavy atom. The van der Waals surface area contributed by atoms with Crippen LogP contribution in [0.4, 0.5) is 0 Å².